The van der Waals surface area contributed by atoms with Crippen LogP contribution in [0, 0.1) is 20.2 Å². The van der Waals surface area contributed by atoms with E-state index in [9.17, 15) is 25.3 Å². The zero-order chi connectivity index (χ0) is 27.8. The molecular formula is C26H19ClN6O6. The predicted octanol–water partition coefficient (Wildman–Crippen LogP) is 6.78. The maximum Gasteiger partial charge on any atom is 0.287 e. The van der Waals surface area contributed by atoms with Gasteiger partial charge in [0.1, 0.15) is 23.3 Å². The van der Waals surface area contributed by atoms with Gasteiger partial charge in [-0.1, -0.05) is 35.9 Å². The molecule has 39 heavy (non-hydrogen) atoms. The molecule has 0 amide bonds. The molecule has 2 aromatic carbocycles. The number of fused-ring (bicyclic) bond motifs is 2. The second-order valence-corrected chi connectivity index (χ2v) is 8.11. The van der Waals surface area contributed by atoms with E-state index in [1.807, 2.05) is 54.9 Å². The lowest BCUT2D eigenvalue weighted by atomic mass is 10.2. The lowest BCUT2D eigenvalue weighted by Gasteiger charge is -2.05. The van der Waals surface area contributed by atoms with E-state index in [1.54, 1.807) is 6.07 Å². The van der Waals surface area contributed by atoms with Crippen LogP contribution in [0.2, 0.25) is 5.15 Å². The highest BCUT2D eigenvalue weighted by atomic mass is 35.5. The zero-order valence-corrected chi connectivity index (χ0v) is 20.6. The fourth-order valence-corrected chi connectivity index (χ4v) is 3.45. The van der Waals surface area contributed by atoms with Crippen LogP contribution >= 0.6 is 11.6 Å². The van der Waals surface area contributed by atoms with Gasteiger partial charge >= 0.3 is 0 Å². The Kier molecular flexibility index (Phi) is 8.29. The van der Waals surface area contributed by atoms with E-state index >= 15 is 0 Å². The van der Waals surface area contributed by atoms with Crippen LogP contribution in [0.4, 0.5) is 11.4 Å². The number of aromatic nitrogens is 4. The number of ether oxygens (including phenoxy) is 1. The fourth-order valence-electron chi connectivity index (χ4n) is 3.34. The molecule has 0 saturated heterocycles. The summed E-state index contributed by atoms with van der Waals surface area (Å²) in [5.74, 6) is 1.25. The van der Waals surface area contributed by atoms with Gasteiger partial charge in [-0.05, 0) is 30.3 Å². The summed E-state index contributed by atoms with van der Waals surface area (Å²) < 4.78 is 5.62. The number of phenols is 1. The van der Waals surface area contributed by atoms with Crippen molar-refractivity contribution in [2.24, 2.45) is 0 Å². The van der Waals surface area contributed by atoms with Crippen LogP contribution < -0.4 is 4.74 Å². The van der Waals surface area contributed by atoms with Crippen molar-refractivity contribution in [3.8, 4) is 17.4 Å². The number of hydrogen-bond acceptors (Lipinski definition) is 8. The molecule has 6 rings (SSSR count). The van der Waals surface area contributed by atoms with E-state index in [-0.39, 0.29) is 16.5 Å². The van der Waals surface area contributed by atoms with Gasteiger partial charge in [0.25, 0.3) is 11.4 Å². The summed E-state index contributed by atoms with van der Waals surface area (Å²) in [4.78, 5) is 33.0. The third kappa shape index (κ3) is 6.84. The molecule has 0 aliphatic carbocycles. The fraction of sp³-hybridized carbons (Fsp3) is 0. The lowest BCUT2D eigenvalue weighted by Crippen LogP contribution is -1.92. The summed E-state index contributed by atoms with van der Waals surface area (Å²) in [6.45, 7) is 0. The first kappa shape index (κ1) is 26.6. The maximum absolute atomic E-state index is 10.5. The number of H-pyrrole nitrogens is 2. The first-order valence-electron chi connectivity index (χ1n) is 11.2. The standard InChI is InChI=1S/C13H9N3O3.C8H7NO.C5H3ClN2O2/c17-16(18)10-4-5-12(15-8-10)19-11-3-1-2-9-6-7-14-13(9)11;10-7-3-1-2-6-4-5-9-8(6)7;6-5-2-1-4(3-7-5)8(9)10/h1-8,14H;1-5,9-10H;1-3H. The molecule has 3 N–H and O–H groups in total. The van der Waals surface area contributed by atoms with E-state index in [0.29, 0.717) is 17.4 Å². The van der Waals surface area contributed by atoms with E-state index in [4.69, 9.17) is 16.3 Å². The Bertz CT molecular complexity index is 1720. The average molecular weight is 547 g/mol. The van der Waals surface area contributed by atoms with Gasteiger partial charge in [-0.25, -0.2) is 9.97 Å². The molecule has 0 fully saturated rings. The molecule has 0 unspecified atom stereocenters. The van der Waals surface area contributed by atoms with Gasteiger partial charge < -0.3 is 19.8 Å². The second-order valence-electron chi connectivity index (χ2n) is 7.73. The Morgan fingerprint density at radius 2 is 1.33 bits per heavy atom. The minimum absolute atomic E-state index is 0.0515. The van der Waals surface area contributed by atoms with Crippen molar-refractivity contribution in [2.75, 3.05) is 0 Å². The Morgan fingerprint density at radius 3 is 1.90 bits per heavy atom. The van der Waals surface area contributed by atoms with Crippen molar-refractivity contribution >= 4 is 44.8 Å². The molecule has 0 spiro atoms. The van der Waals surface area contributed by atoms with Gasteiger partial charge in [0.2, 0.25) is 5.88 Å². The number of rotatable bonds is 4. The molecular weight excluding hydrogens is 528 g/mol. The average Bonchev–Trinajstić information content (AvgIpc) is 3.61. The Labute approximate surface area is 224 Å². The monoisotopic (exact) mass is 546 g/mol. The minimum atomic E-state index is -0.524. The van der Waals surface area contributed by atoms with Crippen LogP contribution in [0.15, 0.2) is 97.6 Å². The highest BCUT2D eigenvalue weighted by Crippen LogP contribution is 2.28. The van der Waals surface area contributed by atoms with E-state index < -0.39 is 9.85 Å². The number of aromatic amines is 2. The number of nitrogens with zero attached hydrogens (tertiary/aromatic N) is 4. The predicted molar refractivity (Wildman–Crippen MR) is 145 cm³/mol. The largest absolute Gasteiger partial charge is 0.506 e. The molecule has 0 saturated carbocycles. The number of aromatic hydroxyl groups is 1. The van der Waals surface area contributed by atoms with Crippen molar-refractivity contribution in [3.05, 3.63) is 123 Å². The Balaban J connectivity index is 0.000000149. The Hall–Kier alpha value is -5.49. The van der Waals surface area contributed by atoms with Crippen LogP contribution in [0.1, 0.15) is 0 Å². The van der Waals surface area contributed by atoms with E-state index in [0.717, 1.165) is 28.0 Å². The third-order valence-electron chi connectivity index (χ3n) is 5.18. The number of pyridine rings is 2. The number of phenolic OH excluding ortho intramolecular Hbond substituents is 1. The molecule has 6 aromatic rings. The van der Waals surface area contributed by atoms with Crippen molar-refractivity contribution in [1.82, 2.24) is 19.9 Å². The van der Waals surface area contributed by atoms with Crippen molar-refractivity contribution in [2.45, 2.75) is 0 Å². The van der Waals surface area contributed by atoms with Gasteiger partial charge in [-0.15, -0.1) is 0 Å². The van der Waals surface area contributed by atoms with E-state index in [1.165, 1.54) is 30.5 Å². The highest BCUT2D eigenvalue weighted by Gasteiger charge is 2.08. The SMILES string of the molecule is O=[N+]([O-])c1ccc(Cl)nc1.O=[N+]([O-])c1ccc(Oc2cccc3cc[nH]c23)nc1.Oc1cccc2cc[nH]c12. The van der Waals surface area contributed by atoms with Gasteiger partial charge in [0, 0.05) is 41.4 Å². The normalized spacial score (nSPS) is 10.2. The molecule has 4 heterocycles. The molecule has 0 radical (unpaired) electrons. The number of halogens is 1. The first-order chi connectivity index (χ1) is 18.8. The number of nitro groups is 2. The molecule has 0 atom stereocenters. The highest BCUT2D eigenvalue weighted by molar-refractivity contribution is 6.29. The van der Waals surface area contributed by atoms with Gasteiger partial charge in [0.05, 0.1) is 20.9 Å². The van der Waals surface area contributed by atoms with Crippen molar-refractivity contribution in [3.63, 3.8) is 0 Å². The van der Waals surface area contributed by atoms with Crippen LogP contribution in [-0.2, 0) is 0 Å². The number of benzene rings is 2. The Morgan fingerprint density at radius 1 is 0.744 bits per heavy atom. The molecule has 12 nitrogen and oxygen atoms in total. The van der Waals surface area contributed by atoms with Gasteiger partial charge in [0.15, 0.2) is 5.75 Å². The molecule has 0 bridgehead atoms. The summed E-state index contributed by atoms with van der Waals surface area (Å²) in [6, 6.07) is 20.4. The maximum atomic E-state index is 10.5. The number of para-hydroxylation sites is 2. The number of nitrogens with one attached hydrogen (secondary N) is 2. The van der Waals surface area contributed by atoms with Crippen molar-refractivity contribution < 1.29 is 19.7 Å². The van der Waals surface area contributed by atoms with Crippen LogP contribution in [0.3, 0.4) is 0 Å². The summed E-state index contributed by atoms with van der Waals surface area (Å²) >= 11 is 5.38. The molecule has 0 aliphatic heterocycles. The van der Waals surface area contributed by atoms with Crippen LogP contribution in [0.5, 0.6) is 17.4 Å². The molecule has 196 valence electrons. The summed E-state index contributed by atoms with van der Waals surface area (Å²) in [7, 11) is 0. The quantitative estimate of drug-likeness (QED) is 0.123. The summed E-state index contributed by atoms with van der Waals surface area (Å²) in [6.07, 6.45) is 5.91. The van der Waals surface area contributed by atoms with Crippen LogP contribution in [0.25, 0.3) is 21.8 Å². The number of hydrogen-bond donors (Lipinski definition) is 3. The van der Waals surface area contributed by atoms with Crippen LogP contribution in [-0.4, -0.2) is 34.9 Å². The van der Waals surface area contributed by atoms with Gasteiger partial charge in [-0.3, -0.25) is 20.2 Å². The molecule has 0 aliphatic rings. The second kappa shape index (κ2) is 12.2. The van der Waals surface area contributed by atoms with E-state index in [2.05, 4.69) is 19.9 Å². The summed E-state index contributed by atoms with van der Waals surface area (Å²) in [5, 5.41) is 32.1. The zero-order valence-electron chi connectivity index (χ0n) is 19.9. The molecule has 4 aromatic heterocycles. The molecule has 13 heteroatoms. The summed E-state index contributed by atoms with van der Waals surface area (Å²) in [5.41, 5.74) is 1.56. The topological polar surface area (TPSA) is 173 Å². The van der Waals surface area contributed by atoms with Gasteiger partial charge in [-0.2, -0.15) is 0 Å². The smallest absolute Gasteiger partial charge is 0.287 e. The lowest BCUT2D eigenvalue weighted by molar-refractivity contribution is -0.385. The third-order valence-corrected chi connectivity index (χ3v) is 5.41. The first-order valence-corrected chi connectivity index (χ1v) is 11.5. The minimum Gasteiger partial charge on any atom is -0.506 e. The van der Waals surface area contributed by atoms with Crippen molar-refractivity contribution in [1.29, 1.82) is 0 Å².